The summed E-state index contributed by atoms with van der Waals surface area (Å²) in [7, 11) is 0. The van der Waals surface area contributed by atoms with Crippen molar-refractivity contribution in [2.24, 2.45) is 0 Å². The van der Waals surface area contributed by atoms with Crippen LogP contribution in [0, 0.1) is 0 Å². The Hall–Kier alpha value is -1.94. The minimum Gasteiger partial charge on any atom is -0.462 e. The van der Waals surface area contributed by atoms with Gasteiger partial charge in [-0.05, 0) is 24.6 Å². The Morgan fingerprint density at radius 1 is 1.05 bits per heavy atom. The average Bonchev–Trinajstić information content (AvgIpc) is 2.90. The summed E-state index contributed by atoms with van der Waals surface area (Å²) in [5.41, 5.74) is 0.971. The second-order valence-corrected chi connectivity index (χ2v) is 5.05. The number of ether oxygens (including phenoxy) is 1. The summed E-state index contributed by atoms with van der Waals surface area (Å²) in [6.45, 7) is 2.09. The normalized spacial score (nSPS) is 10.2. The molecule has 0 bridgehead atoms. The van der Waals surface area contributed by atoms with E-state index in [4.69, 9.17) is 4.74 Å². The van der Waals surface area contributed by atoms with Crippen LogP contribution < -0.4 is 0 Å². The Morgan fingerprint density at radius 3 is 2.42 bits per heavy atom. The fourth-order valence-electron chi connectivity index (χ4n) is 1.67. The van der Waals surface area contributed by atoms with Crippen LogP contribution in [-0.2, 0) is 11.2 Å². The Labute approximate surface area is 115 Å². The van der Waals surface area contributed by atoms with E-state index >= 15 is 0 Å². The smallest absolute Gasteiger partial charge is 0.348 e. The molecule has 0 amide bonds. The fraction of sp³-hybridized carbons (Fsp3) is 0.200. The molecule has 0 unspecified atom stereocenters. The van der Waals surface area contributed by atoms with Crippen LogP contribution in [0.1, 0.15) is 31.8 Å². The SMILES string of the molecule is CCOC(=O)c1ccc(C(=O)Cc2ccccc2)s1. The van der Waals surface area contributed by atoms with E-state index < -0.39 is 0 Å². The molecule has 0 aliphatic heterocycles. The second-order valence-electron chi connectivity index (χ2n) is 3.97. The van der Waals surface area contributed by atoms with E-state index in [0.717, 1.165) is 5.56 Å². The van der Waals surface area contributed by atoms with Gasteiger partial charge in [0, 0.05) is 6.42 Å². The summed E-state index contributed by atoms with van der Waals surface area (Å²) < 4.78 is 4.90. The van der Waals surface area contributed by atoms with E-state index in [1.54, 1.807) is 19.1 Å². The first-order valence-corrected chi connectivity index (χ1v) is 6.86. The number of hydrogen-bond acceptors (Lipinski definition) is 4. The van der Waals surface area contributed by atoms with Gasteiger partial charge in [0.05, 0.1) is 11.5 Å². The molecule has 2 rings (SSSR count). The van der Waals surface area contributed by atoms with Crippen molar-refractivity contribution in [1.82, 2.24) is 0 Å². The van der Waals surface area contributed by atoms with Gasteiger partial charge in [0.1, 0.15) is 4.88 Å². The van der Waals surface area contributed by atoms with Gasteiger partial charge < -0.3 is 4.74 Å². The number of benzene rings is 1. The van der Waals surface area contributed by atoms with Crippen molar-refractivity contribution < 1.29 is 14.3 Å². The predicted octanol–water partition coefficient (Wildman–Crippen LogP) is 3.35. The zero-order valence-corrected chi connectivity index (χ0v) is 11.4. The molecule has 0 aliphatic rings. The van der Waals surface area contributed by atoms with Crippen molar-refractivity contribution in [3.05, 3.63) is 57.8 Å². The van der Waals surface area contributed by atoms with E-state index in [1.807, 2.05) is 30.3 Å². The molecule has 0 radical (unpaired) electrons. The molecule has 0 N–H and O–H groups in total. The van der Waals surface area contributed by atoms with Crippen LogP contribution in [0.2, 0.25) is 0 Å². The second kappa shape index (κ2) is 6.29. The quantitative estimate of drug-likeness (QED) is 0.620. The van der Waals surface area contributed by atoms with E-state index in [-0.39, 0.29) is 11.8 Å². The summed E-state index contributed by atoms with van der Waals surface area (Å²) in [6.07, 6.45) is 0.351. The monoisotopic (exact) mass is 274 g/mol. The molecule has 0 aliphatic carbocycles. The maximum Gasteiger partial charge on any atom is 0.348 e. The van der Waals surface area contributed by atoms with Crippen LogP contribution in [0.15, 0.2) is 42.5 Å². The van der Waals surface area contributed by atoms with Gasteiger partial charge in [-0.15, -0.1) is 11.3 Å². The molecule has 2 aromatic rings. The van der Waals surface area contributed by atoms with E-state index in [2.05, 4.69) is 0 Å². The molecule has 98 valence electrons. The van der Waals surface area contributed by atoms with Crippen LogP contribution in [0.3, 0.4) is 0 Å². The van der Waals surface area contributed by atoms with Crippen molar-refractivity contribution in [2.45, 2.75) is 13.3 Å². The average molecular weight is 274 g/mol. The van der Waals surface area contributed by atoms with E-state index in [0.29, 0.717) is 22.8 Å². The molecule has 0 saturated heterocycles. The molecular weight excluding hydrogens is 260 g/mol. The van der Waals surface area contributed by atoms with Gasteiger partial charge in [-0.2, -0.15) is 0 Å². The van der Waals surface area contributed by atoms with Crippen molar-refractivity contribution >= 4 is 23.1 Å². The Bertz CT molecular complexity index is 572. The lowest BCUT2D eigenvalue weighted by atomic mass is 10.1. The molecule has 19 heavy (non-hydrogen) atoms. The lowest BCUT2D eigenvalue weighted by molar-refractivity contribution is 0.0532. The number of Topliss-reactive ketones (excluding diaryl/α,β-unsaturated/α-hetero) is 1. The summed E-state index contributed by atoms with van der Waals surface area (Å²) in [5.74, 6) is -0.349. The van der Waals surface area contributed by atoms with Gasteiger partial charge in [-0.1, -0.05) is 30.3 Å². The Morgan fingerprint density at radius 2 is 1.74 bits per heavy atom. The minimum atomic E-state index is -0.369. The van der Waals surface area contributed by atoms with Crippen molar-refractivity contribution in [2.75, 3.05) is 6.61 Å². The number of ketones is 1. The molecule has 1 aromatic carbocycles. The van der Waals surface area contributed by atoms with Crippen molar-refractivity contribution in [3.8, 4) is 0 Å². The van der Waals surface area contributed by atoms with Crippen LogP contribution in [0.25, 0.3) is 0 Å². The van der Waals surface area contributed by atoms with Gasteiger partial charge >= 0.3 is 5.97 Å². The highest BCUT2D eigenvalue weighted by molar-refractivity contribution is 7.15. The maximum absolute atomic E-state index is 12.1. The third kappa shape index (κ3) is 3.51. The Kier molecular flexibility index (Phi) is 4.47. The van der Waals surface area contributed by atoms with Gasteiger partial charge in [0.25, 0.3) is 0 Å². The van der Waals surface area contributed by atoms with Crippen LogP contribution >= 0.6 is 11.3 Å². The molecule has 0 saturated carbocycles. The summed E-state index contributed by atoms with van der Waals surface area (Å²) in [6, 6.07) is 12.9. The number of carbonyl (C=O) groups is 2. The standard InChI is InChI=1S/C15H14O3S/c1-2-18-15(17)14-9-8-13(19-14)12(16)10-11-6-4-3-5-7-11/h3-9H,2,10H2,1H3. The maximum atomic E-state index is 12.1. The molecule has 4 heteroatoms. The van der Waals surface area contributed by atoms with Crippen molar-refractivity contribution in [1.29, 1.82) is 0 Å². The lowest BCUT2D eigenvalue weighted by Gasteiger charge is -1.99. The first-order valence-electron chi connectivity index (χ1n) is 6.04. The minimum absolute atomic E-state index is 0.0201. The van der Waals surface area contributed by atoms with Gasteiger partial charge in [-0.25, -0.2) is 4.79 Å². The van der Waals surface area contributed by atoms with Gasteiger partial charge in [0.2, 0.25) is 0 Å². The predicted molar refractivity (Wildman–Crippen MR) is 74.8 cm³/mol. The number of thiophene rings is 1. The van der Waals surface area contributed by atoms with E-state index in [1.165, 1.54) is 11.3 Å². The van der Waals surface area contributed by atoms with Crippen LogP contribution in [0.4, 0.5) is 0 Å². The molecule has 1 aromatic heterocycles. The van der Waals surface area contributed by atoms with Gasteiger partial charge in [0.15, 0.2) is 5.78 Å². The number of esters is 1. The molecular formula is C15H14O3S. The highest BCUT2D eigenvalue weighted by Crippen LogP contribution is 2.19. The number of rotatable bonds is 5. The number of carbonyl (C=O) groups excluding carboxylic acids is 2. The fourth-order valence-corrected chi connectivity index (χ4v) is 2.51. The summed E-state index contributed by atoms with van der Waals surface area (Å²) >= 11 is 1.18. The highest BCUT2D eigenvalue weighted by atomic mass is 32.1. The van der Waals surface area contributed by atoms with Gasteiger partial charge in [-0.3, -0.25) is 4.79 Å². The first-order chi connectivity index (χ1) is 9.20. The molecule has 3 nitrogen and oxygen atoms in total. The zero-order chi connectivity index (χ0) is 13.7. The topological polar surface area (TPSA) is 43.4 Å². The van der Waals surface area contributed by atoms with Crippen LogP contribution in [0.5, 0.6) is 0 Å². The zero-order valence-electron chi connectivity index (χ0n) is 10.6. The molecule has 1 heterocycles. The summed E-state index contributed by atoms with van der Waals surface area (Å²) in [4.78, 5) is 24.6. The van der Waals surface area contributed by atoms with Crippen molar-refractivity contribution in [3.63, 3.8) is 0 Å². The first kappa shape index (κ1) is 13.5. The largest absolute Gasteiger partial charge is 0.462 e. The third-order valence-electron chi connectivity index (χ3n) is 2.56. The Balaban J connectivity index is 2.06. The van der Waals surface area contributed by atoms with Crippen LogP contribution in [-0.4, -0.2) is 18.4 Å². The molecule has 0 fully saturated rings. The lowest BCUT2D eigenvalue weighted by Crippen LogP contribution is -2.02. The number of hydrogen-bond donors (Lipinski definition) is 0. The molecule has 0 spiro atoms. The third-order valence-corrected chi connectivity index (χ3v) is 3.67. The summed E-state index contributed by atoms with van der Waals surface area (Å²) in [5, 5.41) is 0. The molecule has 0 atom stereocenters. The highest BCUT2D eigenvalue weighted by Gasteiger charge is 2.14. The van der Waals surface area contributed by atoms with E-state index in [9.17, 15) is 9.59 Å².